The van der Waals surface area contributed by atoms with Crippen LogP contribution in [0.5, 0.6) is 11.5 Å². The fourth-order valence-corrected chi connectivity index (χ4v) is 2.20. The highest BCUT2D eigenvalue weighted by Gasteiger charge is 2.16. The van der Waals surface area contributed by atoms with Crippen LogP contribution in [0.2, 0.25) is 0 Å². The first-order valence-electron chi connectivity index (χ1n) is 6.24. The number of carbonyl (C=O) groups is 2. The number of carbonyl (C=O) groups excluding carboxylic acids is 2. The zero-order valence-electron chi connectivity index (χ0n) is 11.1. The summed E-state index contributed by atoms with van der Waals surface area (Å²) in [6.07, 6.45) is 2.95. The van der Waals surface area contributed by atoms with Crippen molar-refractivity contribution in [1.82, 2.24) is 15.8 Å². The van der Waals surface area contributed by atoms with Crippen LogP contribution in [0.25, 0.3) is 0 Å². The molecule has 2 aromatic rings. The summed E-state index contributed by atoms with van der Waals surface area (Å²) >= 11 is 3.22. The first-order valence-corrected chi connectivity index (χ1v) is 7.03. The maximum atomic E-state index is 12.0. The predicted molar refractivity (Wildman–Crippen MR) is 79.4 cm³/mol. The highest BCUT2D eigenvalue weighted by Crippen LogP contribution is 2.32. The van der Waals surface area contributed by atoms with E-state index in [2.05, 4.69) is 31.8 Å². The van der Waals surface area contributed by atoms with Gasteiger partial charge in [-0.15, -0.1) is 0 Å². The number of hydrogen-bond donors (Lipinski definition) is 2. The van der Waals surface area contributed by atoms with Crippen LogP contribution in [0.15, 0.2) is 41.1 Å². The standard InChI is InChI=1S/C14H10BrN3O4/c15-10-3-9(5-16-6-10)14(20)18-17-13(19)8-1-2-11-12(4-8)22-7-21-11/h1-6H,7H2,(H,17,19)(H,18,20). The molecule has 0 radical (unpaired) electrons. The number of fused-ring (bicyclic) bond motifs is 1. The molecule has 2 N–H and O–H groups in total. The zero-order valence-corrected chi connectivity index (χ0v) is 12.7. The molecule has 1 aromatic carbocycles. The van der Waals surface area contributed by atoms with Crippen LogP contribution in [0.3, 0.4) is 0 Å². The minimum absolute atomic E-state index is 0.132. The fourth-order valence-electron chi connectivity index (χ4n) is 1.83. The summed E-state index contributed by atoms with van der Waals surface area (Å²) < 4.78 is 11.0. The molecule has 0 spiro atoms. The topological polar surface area (TPSA) is 89.6 Å². The Morgan fingerprint density at radius 1 is 1.00 bits per heavy atom. The number of hydrogen-bond acceptors (Lipinski definition) is 5. The van der Waals surface area contributed by atoms with E-state index in [1.165, 1.54) is 6.20 Å². The van der Waals surface area contributed by atoms with Crippen molar-refractivity contribution in [2.24, 2.45) is 0 Å². The Morgan fingerprint density at radius 2 is 1.73 bits per heavy atom. The Bertz CT molecular complexity index is 751. The van der Waals surface area contributed by atoms with E-state index >= 15 is 0 Å². The van der Waals surface area contributed by atoms with E-state index in [1.54, 1.807) is 30.5 Å². The third kappa shape index (κ3) is 3.01. The van der Waals surface area contributed by atoms with E-state index in [-0.39, 0.29) is 6.79 Å². The first kappa shape index (κ1) is 14.3. The summed E-state index contributed by atoms with van der Waals surface area (Å²) in [4.78, 5) is 27.8. The van der Waals surface area contributed by atoms with Crippen molar-refractivity contribution in [3.63, 3.8) is 0 Å². The Hall–Kier alpha value is -2.61. The van der Waals surface area contributed by atoms with Gasteiger partial charge >= 0.3 is 0 Å². The van der Waals surface area contributed by atoms with Crippen molar-refractivity contribution in [1.29, 1.82) is 0 Å². The van der Waals surface area contributed by atoms with E-state index < -0.39 is 11.8 Å². The molecule has 2 heterocycles. The number of halogens is 1. The van der Waals surface area contributed by atoms with Gasteiger partial charge in [0, 0.05) is 22.4 Å². The van der Waals surface area contributed by atoms with Gasteiger partial charge in [-0.25, -0.2) is 0 Å². The highest BCUT2D eigenvalue weighted by molar-refractivity contribution is 9.10. The van der Waals surface area contributed by atoms with Crippen molar-refractivity contribution in [2.75, 3.05) is 6.79 Å². The predicted octanol–water partition coefficient (Wildman–Crippen LogP) is 1.65. The van der Waals surface area contributed by atoms with Gasteiger partial charge in [-0.1, -0.05) is 0 Å². The number of benzene rings is 1. The maximum Gasteiger partial charge on any atom is 0.271 e. The molecule has 2 amide bonds. The SMILES string of the molecule is O=C(NNC(=O)c1ccc2c(c1)OCO2)c1cncc(Br)c1. The number of ether oxygens (including phenoxy) is 2. The largest absolute Gasteiger partial charge is 0.454 e. The van der Waals surface area contributed by atoms with Crippen LogP contribution in [0.1, 0.15) is 20.7 Å². The van der Waals surface area contributed by atoms with Crippen molar-refractivity contribution in [2.45, 2.75) is 0 Å². The minimum Gasteiger partial charge on any atom is -0.454 e. The molecule has 0 aliphatic carbocycles. The molecule has 0 saturated heterocycles. The van der Waals surface area contributed by atoms with Crippen LogP contribution in [0, 0.1) is 0 Å². The van der Waals surface area contributed by atoms with Crippen LogP contribution >= 0.6 is 15.9 Å². The van der Waals surface area contributed by atoms with Gasteiger partial charge in [0.2, 0.25) is 6.79 Å². The number of hydrazine groups is 1. The first-order chi connectivity index (χ1) is 10.6. The number of aromatic nitrogens is 1. The molecule has 0 unspecified atom stereocenters. The minimum atomic E-state index is -0.470. The van der Waals surface area contributed by atoms with Crippen molar-refractivity contribution >= 4 is 27.7 Å². The van der Waals surface area contributed by atoms with Crippen molar-refractivity contribution in [3.05, 3.63) is 52.3 Å². The quantitative estimate of drug-likeness (QED) is 0.791. The molecular weight excluding hydrogens is 354 g/mol. The summed E-state index contributed by atoms with van der Waals surface area (Å²) in [5.74, 6) is 0.147. The average molecular weight is 364 g/mol. The molecule has 0 fully saturated rings. The smallest absolute Gasteiger partial charge is 0.271 e. The van der Waals surface area contributed by atoms with Crippen LogP contribution < -0.4 is 20.3 Å². The van der Waals surface area contributed by atoms with Gasteiger partial charge in [0.25, 0.3) is 11.8 Å². The fraction of sp³-hybridized carbons (Fsp3) is 0.0714. The summed E-state index contributed by atoms with van der Waals surface area (Å²) in [6, 6.07) is 6.35. The number of amides is 2. The summed E-state index contributed by atoms with van der Waals surface area (Å²) in [6.45, 7) is 0.132. The number of nitrogens with zero attached hydrogens (tertiary/aromatic N) is 1. The van der Waals surface area contributed by atoms with Gasteiger partial charge in [0.05, 0.1) is 5.56 Å². The van der Waals surface area contributed by atoms with Gasteiger partial charge in [0.1, 0.15) is 0 Å². The lowest BCUT2D eigenvalue weighted by Gasteiger charge is -2.08. The second-order valence-corrected chi connectivity index (χ2v) is 5.28. The molecule has 7 nitrogen and oxygen atoms in total. The molecule has 1 aliphatic rings. The molecule has 0 saturated carbocycles. The molecule has 3 rings (SSSR count). The van der Waals surface area contributed by atoms with Crippen LogP contribution in [0.4, 0.5) is 0 Å². The van der Waals surface area contributed by atoms with Gasteiger partial charge in [-0.2, -0.15) is 0 Å². The highest BCUT2D eigenvalue weighted by atomic mass is 79.9. The number of rotatable bonds is 2. The third-order valence-electron chi connectivity index (χ3n) is 2.89. The Labute approximate surface area is 133 Å². The van der Waals surface area contributed by atoms with Gasteiger partial charge < -0.3 is 9.47 Å². The average Bonchev–Trinajstić information content (AvgIpc) is 2.99. The van der Waals surface area contributed by atoms with Gasteiger partial charge in [-0.3, -0.25) is 25.4 Å². The molecule has 22 heavy (non-hydrogen) atoms. The lowest BCUT2D eigenvalue weighted by atomic mass is 10.2. The van der Waals surface area contributed by atoms with Crippen LogP contribution in [-0.4, -0.2) is 23.6 Å². The van der Waals surface area contributed by atoms with Gasteiger partial charge in [0.15, 0.2) is 11.5 Å². The number of nitrogens with one attached hydrogen (secondary N) is 2. The van der Waals surface area contributed by atoms with E-state index in [9.17, 15) is 9.59 Å². The van der Waals surface area contributed by atoms with Crippen molar-refractivity contribution < 1.29 is 19.1 Å². The monoisotopic (exact) mass is 363 g/mol. The van der Waals surface area contributed by atoms with E-state index in [4.69, 9.17) is 9.47 Å². The van der Waals surface area contributed by atoms with E-state index in [0.717, 1.165) is 0 Å². The number of pyridine rings is 1. The van der Waals surface area contributed by atoms with E-state index in [1.807, 2.05) is 0 Å². The molecular formula is C14H10BrN3O4. The molecule has 1 aliphatic heterocycles. The summed E-state index contributed by atoms with van der Waals surface area (Å²) in [7, 11) is 0. The molecule has 0 bridgehead atoms. The molecule has 1 aromatic heterocycles. The van der Waals surface area contributed by atoms with E-state index in [0.29, 0.717) is 27.1 Å². The summed E-state index contributed by atoms with van der Waals surface area (Å²) in [5.41, 5.74) is 5.31. The molecule has 112 valence electrons. The molecule has 0 atom stereocenters. The maximum absolute atomic E-state index is 12.0. The molecule has 8 heteroatoms. The Morgan fingerprint density at radius 3 is 2.50 bits per heavy atom. The van der Waals surface area contributed by atoms with Gasteiger partial charge in [-0.05, 0) is 40.2 Å². The third-order valence-corrected chi connectivity index (χ3v) is 3.33. The zero-order chi connectivity index (χ0) is 15.5. The van der Waals surface area contributed by atoms with Crippen molar-refractivity contribution in [3.8, 4) is 11.5 Å². The second kappa shape index (κ2) is 6.02. The Balaban J connectivity index is 1.64. The lowest BCUT2D eigenvalue weighted by molar-refractivity contribution is 0.0846. The normalized spacial score (nSPS) is 11.9. The second-order valence-electron chi connectivity index (χ2n) is 4.37. The Kier molecular flexibility index (Phi) is 3.92. The summed E-state index contributed by atoms with van der Waals surface area (Å²) in [5, 5.41) is 0. The van der Waals surface area contributed by atoms with Crippen LogP contribution in [-0.2, 0) is 0 Å². The lowest BCUT2D eigenvalue weighted by Crippen LogP contribution is -2.41.